The first-order valence-corrected chi connectivity index (χ1v) is 5.66. The number of halogens is 2. The summed E-state index contributed by atoms with van der Waals surface area (Å²) in [6.45, 7) is 7.34. The fourth-order valence-corrected chi connectivity index (χ4v) is 2.01. The van der Waals surface area contributed by atoms with E-state index in [4.69, 9.17) is 0 Å². The summed E-state index contributed by atoms with van der Waals surface area (Å²) in [7, 11) is 0. The van der Waals surface area contributed by atoms with Gasteiger partial charge in [-0.05, 0) is 30.0 Å². The average molecular weight is 275 g/mol. The highest BCUT2D eigenvalue weighted by atomic mass is 79.9. The van der Waals surface area contributed by atoms with Gasteiger partial charge in [-0.15, -0.1) is 0 Å². The van der Waals surface area contributed by atoms with E-state index >= 15 is 0 Å². The van der Waals surface area contributed by atoms with E-state index in [2.05, 4.69) is 15.9 Å². The van der Waals surface area contributed by atoms with Gasteiger partial charge < -0.3 is 5.11 Å². The standard InChI is InChI=1S/C12H16BrFO/c1-7-5-8(13)6-9(10(7)14)11(15)12(2,3)4/h5-6,11,15H,1-4H3. The van der Waals surface area contributed by atoms with Crippen molar-refractivity contribution < 1.29 is 9.50 Å². The minimum atomic E-state index is -0.798. The Labute approximate surface area is 98.4 Å². The molecule has 0 aromatic heterocycles. The molecule has 15 heavy (non-hydrogen) atoms. The van der Waals surface area contributed by atoms with Crippen molar-refractivity contribution in [3.63, 3.8) is 0 Å². The van der Waals surface area contributed by atoms with Crippen molar-refractivity contribution in [3.05, 3.63) is 33.5 Å². The van der Waals surface area contributed by atoms with E-state index in [1.807, 2.05) is 20.8 Å². The van der Waals surface area contributed by atoms with Gasteiger partial charge >= 0.3 is 0 Å². The molecule has 0 saturated heterocycles. The van der Waals surface area contributed by atoms with Crippen LogP contribution in [0.15, 0.2) is 16.6 Å². The van der Waals surface area contributed by atoms with Gasteiger partial charge in [0, 0.05) is 10.0 Å². The molecule has 1 atom stereocenters. The molecular weight excluding hydrogens is 259 g/mol. The molecule has 1 rings (SSSR count). The van der Waals surface area contributed by atoms with Gasteiger partial charge in [-0.1, -0.05) is 36.7 Å². The largest absolute Gasteiger partial charge is 0.388 e. The van der Waals surface area contributed by atoms with E-state index in [1.54, 1.807) is 19.1 Å². The lowest BCUT2D eigenvalue weighted by Gasteiger charge is -2.27. The van der Waals surface area contributed by atoms with Gasteiger partial charge in [0.1, 0.15) is 5.82 Å². The molecule has 1 unspecified atom stereocenters. The molecule has 0 aliphatic rings. The summed E-state index contributed by atoms with van der Waals surface area (Å²) >= 11 is 3.30. The minimum absolute atomic E-state index is 0.319. The molecule has 0 radical (unpaired) electrons. The summed E-state index contributed by atoms with van der Waals surface area (Å²) < 4.78 is 14.6. The van der Waals surface area contributed by atoms with Crippen LogP contribution in [0.2, 0.25) is 0 Å². The van der Waals surface area contributed by atoms with Crippen LogP contribution >= 0.6 is 15.9 Å². The molecule has 0 spiro atoms. The molecule has 1 aromatic rings. The SMILES string of the molecule is Cc1cc(Br)cc(C(O)C(C)(C)C)c1F. The third-order valence-electron chi connectivity index (χ3n) is 2.36. The van der Waals surface area contributed by atoms with E-state index < -0.39 is 6.10 Å². The normalized spacial score (nSPS) is 14.1. The van der Waals surface area contributed by atoms with Crippen LogP contribution in [-0.2, 0) is 0 Å². The molecule has 1 nitrogen and oxygen atoms in total. The Morgan fingerprint density at radius 3 is 2.33 bits per heavy atom. The van der Waals surface area contributed by atoms with Crippen molar-refractivity contribution in [2.75, 3.05) is 0 Å². The third-order valence-corrected chi connectivity index (χ3v) is 2.82. The van der Waals surface area contributed by atoms with Gasteiger partial charge in [0.25, 0.3) is 0 Å². The number of aliphatic hydroxyl groups excluding tert-OH is 1. The first-order chi connectivity index (χ1) is 6.73. The lowest BCUT2D eigenvalue weighted by atomic mass is 9.84. The van der Waals surface area contributed by atoms with Crippen LogP contribution in [0.4, 0.5) is 4.39 Å². The van der Waals surface area contributed by atoms with Gasteiger partial charge in [-0.3, -0.25) is 0 Å². The number of hydrogen-bond acceptors (Lipinski definition) is 1. The Hall–Kier alpha value is -0.410. The van der Waals surface area contributed by atoms with Crippen molar-refractivity contribution in [2.45, 2.75) is 33.8 Å². The maximum absolute atomic E-state index is 13.8. The topological polar surface area (TPSA) is 20.2 Å². The first-order valence-electron chi connectivity index (χ1n) is 4.87. The number of hydrogen-bond donors (Lipinski definition) is 1. The summed E-state index contributed by atoms with van der Waals surface area (Å²) in [6, 6.07) is 3.34. The summed E-state index contributed by atoms with van der Waals surface area (Å²) in [5.41, 5.74) is 0.533. The molecular formula is C12H16BrFO. The van der Waals surface area contributed by atoms with Crippen molar-refractivity contribution >= 4 is 15.9 Å². The lowest BCUT2D eigenvalue weighted by molar-refractivity contribution is 0.0593. The molecule has 1 N–H and O–H groups in total. The second-order valence-corrected chi connectivity index (χ2v) is 5.81. The predicted octanol–water partition coefficient (Wildman–Crippen LogP) is 3.98. The predicted molar refractivity (Wildman–Crippen MR) is 63.3 cm³/mol. The second-order valence-electron chi connectivity index (χ2n) is 4.89. The van der Waals surface area contributed by atoms with Crippen LogP contribution in [-0.4, -0.2) is 5.11 Å². The fourth-order valence-electron chi connectivity index (χ4n) is 1.42. The number of aryl methyl sites for hydroxylation is 1. The summed E-state index contributed by atoms with van der Waals surface area (Å²) in [4.78, 5) is 0. The molecule has 0 aliphatic carbocycles. The molecule has 1 aromatic carbocycles. The smallest absolute Gasteiger partial charge is 0.132 e. The molecule has 0 aliphatic heterocycles. The van der Waals surface area contributed by atoms with Crippen LogP contribution in [0.5, 0.6) is 0 Å². The maximum Gasteiger partial charge on any atom is 0.132 e. The summed E-state index contributed by atoms with van der Waals surface area (Å²) in [5.74, 6) is -0.319. The molecule has 3 heteroatoms. The zero-order valence-electron chi connectivity index (χ0n) is 9.44. The van der Waals surface area contributed by atoms with Gasteiger partial charge in [0.2, 0.25) is 0 Å². The quantitative estimate of drug-likeness (QED) is 0.822. The highest BCUT2D eigenvalue weighted by Crippen LogP contribution is 2.35. The third kappa shape index (κ3) is 2.79. The van der Waals surface area contributed by atoms with E-state index in [9.17, 15) is 9.50 Å². The Bertz CT molecular complexity index is 369. The van der Waals surface area contributed by atoms with Crippen LogP contribution in [0.25, 0.3) is 0 Å². The lowest BCUT2D eigenvalue weighted by Crippen LogP contribution is -2.19. The number of benzene rings is 1. The van der Waals surface area contributed by atoms with E-state index in [-0.39, 0.29) is 11.2 Å². The first kappa shape index (κ1) is 12.7. The van der Waals surface area contributed by atoms with Crippen LogP contribution in [0, 0.1) is 18.2 Å². The van der Waals surface area contributed by atoms with Crippen LogP contribution < -0.4 is 0 Å². The Morgan fingerprint density at radius 1 is 1.33 bits per heavy atom. The average Bonchev–Trinajstić information content (AvgIpc) is 2.08. The minimum Gasteiger partial charge on any atom is -0.388 e. The van der Waals surface area contributed by atoms with Gasteiger partial charge in [0.15, 0.2) is 0 Å². The fraction of sp³-hybridized carbons (Fsp3) is 0.500. The summed E-state index contributed by atoms with van der Waals surface area (Å²) in [6.07, 6.45) is -0.798. The van der Waals surface area contributed by atoms with Crippen LogP contribution in [0.1, 0.15) is 38.0 Å². The molecule has 0 heterocycles. The highest BCUT2D eigenvalue weighted by molar-refractivity contribution is 9.10. The maximum atomic E-state index is 13.8. The molecule has 0 saturated carbocycles. The van der Waals surface area contributed by atoms with Crippen molar-refractivity contribution in [1.82, 2.24) is 0 Å². The molecule has 84 valence electrons. The van der Waals surface area contributed by atoms with Crippen molar-refractivity contribution in [2.24, 2.45) is 5.41 Å². The number of rotatable bonds is 1. The van der Waals surface area contributed by atoms with Gasteiger partial charge in [-0.25, -0.2) is 4.39 Å². The van der Waals surface area contributed by atoms with Crippen LogP contribution in [0.3, 0.4) is 0 Å². The van der Waals surface area contributed by atoms with Crippen molar-refractivity contribution in [1.29, 1.82) is 0 Å². The second kappa shape index (κ2) is 4.22. The van der Waals surface area contributed by atoms with Gasteiger partial charge in [0.05, 0.1) is 6.10 Å². The van der Waals surface area contributed by atoms with E-state index in [0.29, 0.717) is 11.1 Å². The zero-order valence-corrected chi connectivity index (χ0v) is 11.0. The Balaban J connectivity index is 3.25. The van der Waals surface area contributed by atoms with E-state index in [1.165, 1.54) is 0 Å². The number of aliphatic hydroxyl groups is 1. The Kier molecular flexibility index (Phi) is 3.56. The molecule has 0 amide bonds. The van der Waals surface area contributed by atoms with Crippen molar-refractivity contribution in [3.8, 4) is 0 Å². The zero-order chi connectivity index (χ0) is 11.8. The van der Waals surface area contributed by atoms with E-state index in [0.717, 1.165) is 4.47 Å². The highest BCUT2D eigenvalue weighted by Gasteiger charge is 2.27. The van der Waals surface area contributed by atoms with Gasteiger partial charge in [-0.2, -0.15) is 0 Å². The summed E-state index contributed by atoms with van der Waals surface area (Å²) in [5, 5.41) is 10.0. The molecule has 0 bridgehead atoms. The Morgan fingerprint density at radius 2 is 1.87 bits per heavy atom. The molecule has 0 fully saturated rings. The monoisotopic (exact) mass is 274 g/mol.